The van der Waals surface area contributed by atoms with Gasteiger partial charge >= 0.3 is 11.9 Å². The summed E-state index contributed by atoms with van der Waals surface area (Å²) in [5, 5.41) is 14.5. The zero-order chi connectivity index (χ0) is 31.1. The number of hydrogen-bond donors (Lipinski definition) is 1. The van der Waals surface area contributed by atoms with Crippen molar-refractivity contribution in [2.45, 2.75) is 58.3 Å². The fourth-order valence-electron chi connectivity index (χ4n) is 5.56. The van der Waals surface area contributed by atoms with Gasteiger partial charge < -0.3 is 14.8 Å². The Balaban J connectivity index is 1.27. The van der Waals surface area contributed by atoms with Crippen LogP contribution in [0.4, 0.5) is 5.69 Å². The third-order valence-electron chi connectivity index (χ3n) is 7.69. The van der Waals surface area contributed by atoms with E-state index in [1.807, 2.05) is 0 Å². The van der Waals surface area contributed by atoms with Crippen LogP contribution in [0.5, 0.6) is 0 Å². The number of nitro groups is 1. The highest BCUT2D eigenvalue weighted by molar-refractivity contribution is 6.21. The van der Waals surface area contributed by atoms with Crippen molar-refractivity contribution in [3.8, 4) is 0 Å². The molecule has 226 valence electrons. The van der Waals surface area contributed by atoms with Gasteiger partial charge in [0.15, 0.2) is 0 Å². The van der Waals surface area contributed by atoms with Crippen LogP contribution >= 0.6 is 0 Å². The summed E-state index contributed by atoms with van der Waals surface area (Å²) >= 11 is 0. The molecule has 43 heavy (non-hydrogen) atoms. The molecule has 11 heteroatoms. The first kappa shape index (κ1) is 31.1. The number of methoxy groups -OCH3 is 1. The number of fused-ring (bicyclic) bond motifs is 1. The lowest BCUT2D eigenvalue weighted by Gasteiger charge is -2.30. The highest BCUT2D eigenvalue weighted by Crippen LogP contribution is 2.40. The third kappa shape index (κ3) is 6.82. The first-order valence-electron chi connectivity index (χ1n) is 14.3. The first-order chi connectivity index (χ1) is 20.6. The van der Waals surface area contributed by atoms with E-state index in [0.717, 1.165) is 32.1 Å². The number of esters is 2. The number of carbonyl (C=O) groups is 4. The summed E-state index contributed by atoms with van der Waals surface area (Å²) in [4.78, 5) is 63.2. The van der Waals surface area contributed by atoms with E-state index in [-0.39, 0.29) is 35.3 Å². The van der Waals surface area contributed by atoms with Crippen molar-refractivity contribution >= 4 is 29.4 Å². The van der Waals surface area contributed by atoms with Gasteiger partial charge in [0.1, 0.15) is 0 Å². The molecule has 0 saturated carbocycles. The molecule has 1 atom stereocenters. The van der Waals surface area contributed by atoms with Gasteiger partial charge in [0.05, 0.1) is 46.8 Å². The number of rotatable bonds is 13. The fraction of sp³-hybridized carbons (Fsp3) is 0.375. The van der Waals surface area contributed by atoms with Crippen LogP contribution in [0.1, 0.15) is 84.6 Å². The Bertz CT molecular complexity index is 1470. The Labute approximate surface area is 249 Å². The van der Waals surface area contributed by atoms with Crippen molar-refractivity contribution in [1.29, 1.82) is 0 Å². The largest absolute Gasteiger partial charge is 0.466 e. The molecule has 2 aliphatic heterocycles. The molecule has 2 aromatic rings. The summed E-state index contributed by atoms with van der Waals surface area (Å²) in [5.41, 5.74) is 2.52. The number of nitrogens with zero attached hydrogens (tertiary/aromatic N) is 2. The van der Waals surface area contributed by atoms with E-state index >= 15 is 0 Å². The molecule has 1 unspecified atom stereocenters. The standard InChI is InChI=1S/C32H35N3O8/c1-20-26(31(38)42-3)28(22-13-12-14-23(19-22)35(40)41)27(21(2)33-20)32(39)43-18-11-7-5-4-6-10-17-34-29(36)24-15-8-9-16-25(24)30(34)37/h8-9,12-16,19,28,33H,4-7,10-11,17-18H2,1-3H3. The maximum absolute atomic E-state index is 13.3. The molecule has 2 amide bonds. The molecular weight excluding hydrogens is 554 g/mol. The predicted molar refractivity (Wildman–Crippen MR) is 157 cm³/mol. The average molecular weight is 590 g/mol. The molecule has 0 saturated heterocycles. The minimum absolute atomic E-state index is 0.160. The van der Waals surface area contributed by atoms with E-state index in [4.69, 9.17) is 9.47 Å². The Morgan fingerprint density at radius 1 is 0.860 bits per heavy atom. The zero-order valence-corrected chi connectivity index (χ0v) is 24.5. The summed E-state index contributed by atoms with van der Waals surface area (Å²) in [7, 11) is 1.24. The van der Waals surface area contributed by atoms with Crippen molar-refractivity contribution in [3.05, 3.63) is 97.9 Å². The smallest absolute Gasteiger partial charge is 0.336 e. The summed E-state index contributed by atoms with van der Waals surface area (Å²) in [6, 6.07) is 12.7. The van der Waals surface area contributed by atoms with E-state index in [1.165, 1.54) is 30.2 Å². The topological polar surface area (TPSA) is 145 Å². The van der Waals surface area contributed by atoms with Crippen molar-refractivity contribution in [3.63, 3.8) is 0 Å². The van der Waals surface area contributed by atoms with Crippen LogP contribution in [0.25, 0.3) is 0 Å². The number of amides is 2. The molecule has 0 radical (unpaired) electrons. The van der Waals surface area contributed by atoms with E-state index in [9.17, 15) is 29.3 Å². The molecule has 0 spiro atoms. The number of unbranched alkanes of at least 4 members (excludes halogenated alkanes) is 5. The number of ether oxygens (including phenoxy) is 2. The van der Waals surface area contributed by atoms with Crippen LogP contribution in [0.15, 0.2) is 71.1 Å². The number of imide groups is 1. The minimum Gasteiger partial charge on any atom is -0.466 e. The van der Waals surface area contributed by atoms with Gasteiger partial charge in [-0.25, -0.2) is 9.59 Å². The number of non-ortho nitro benzene ring substituents is 1. The van der Waals surface area contributed by atoms with Crippen LogP contribution < -0.4 is 5.32 Å². The van der Waals surface area contributed by atoms with Gasteiger partial charge in [-0.3, -0.25) is 24.6 Å². The molecule has 1 N–H and O–H groups in total. The van der Waals surface area contributed by atoms with Crippen molar-refractivity contribution in [1.82, 2.24) is 10.2 Å². The van der Waals surface area contributed by atoms with Crippen LogP contribution in [-0.4, -0.2) is 53.8 Å². The van der Waals surface area contributed by atoms with Crippen molar-refractivity contribution < 1.29 is 33.6 Å². The summed E-state index contributed by atoms with van der Waals surface area (Å²) in [5.74, 6) is -2.64. The number of benzene rings is 2. The van der Waals surface area contributed by atoms with Gasteiger partial charge in [-0.1, -0.05) is 49.9 Å². The van der Waals surface area contributed by atoms with E-state index in [0.29, 0.717) is 41.1 Å². The highest BCUT2D eigenvalue weighted by atomic mass is 16.6. The monoisotopic (exact) mass is 589 g/mol. The van der Waals surface area contributed by atoms with Crippen molar-refractivity contribution in [2.24, 2.45) is 0 Å². The van der Waals surface area contributed by atoms with Gasteiger partial charge in [-0.05, 0) is 44.4 Å². The normalized spacial score (nSPS) is 16.3. The number of dihydropyridines is 1. The first-order valence-corrected chi connectivity index (χ1v) is 14.3. The second kappa shape index (κ2) is 13.9. The maximum Gasteiger partial charge on any atom is 0.336 e. The van der Waals surface area contributed by atoms with Gasteiger partial charge in [-0.2, -0.15) is 0 Å². The number of carbonyl (C=O) groups excluding carboxylic acids is 4. The van der Waals surface area contributed by atoms with Gasteiger partial charge in [0.2, 0.25) is 0 Å². The second-order valence-electron chi connectivity index (χ2n) is 10.5. The summed E-state index contributed by atoms with van der Waals surface area (Å²) < 4.78 is 10.6. The molecule has 11 nitrogen and oxygen atoms in total. The van der Waals surface area contributed by atoms with E-state index < -0.39 is 22.8 Å². The average Bonchev–Trinajstić information content (AvgIpc) is 3.24. The second-order valence-corrected chi connectivity index (χ2v) is 10.5. The Morgan fingerprint density at radius 3 is 2.05 bits per heavy atom. The molecule has 2 heterocycles. The summed E-state index contributed by atoms with van der Waals surface area (Å²) in [6.45, 7) is 3.94. The number of nitro benzene ring substituents is 1. The molecular formula is C32H35N3O8. The lowest BCUT2D eigenvalue weighted by molar-refractivity contribution is -0.384. The zero-order valence-electron chi connectivity index (χ0n) is 24.5. The SMILES string of the molecule is COC(=O)C1=C(C)NC(C)=C(C(=O)OCCCCCCCCN2C(=O)c3ccccc3C2=O)C1c1cccc([N+](=O)[O-])c1. The molecule has 0 aliphatic carbocycles. The van der Waals surface area contributed by atoms with Crippen LogP contribution in [-0.2, 0) is 19.1 Å². The molecule has 0 bridgehead atoms. The van der Waals surface area contributed by atoms with Crippen LogP contribution in [0.3, 0.4) is 0 Å². The lowest BCUT2D eigenvalue weighted by atomic mass is 9.80. The molecule has 4 rings (SSSR count). The third-order valence-corrected chi connectivity index (χ3v) is 7.69. The Morgan fingerprint density at radius 2 is 1.44 bits per heavy atom. The molecule has 0 fully saturated rings. The molecule has 2 aliphatic rings. The maximum atomic E-state index is 13.3. The number of hydrogen-bond acceptors (Lipinski definition) is 9. The Kier molecular flexibility index (Phi) is 10.1. The van der Waals surface area contributed by atoms with Gasteiger partial charge in [-0.15, -0.1) is 0 Å². The number of allylic oxidation sites excluding steroid dienone is 2. The van der Waals surface area contributed by atoms with Crippen LogP contribution in [0, 0.1) is 10.1 Å². The lowest BCUT2D eigenvalue weighted by Crippen LogP contribution is -2.32. The number of nitrogens with one attached hydrogen (secondary N) is 1. The van der Waals surface area contributed by atoms with Gasteiger partial charge in [0, 0.05) is 30.1 Å². The van der Waals surface area contributed by atoms with Crippen molar-refractivity contribution in [2.75, 3.05) is 20.3 Å². The fourth-order valence-corrected chi connectivity index (χ4v) is 5.56. The van der Waals surface area contributed by atoms with E-state index in [2.05, 4.69) is 5.32 Å². The predicted octanol–water partition coefficient (Wildman–Crippen LogP) is 5.18. The highest BCUT2D eigenvalue weighted by Gasteiger charge is 2.38. The minimum atomic E-state index is -0.900. The molecule has 0 aromatic heterocycles. The van der Waals surface area contributed by atoms with Crippen LogP contribution in [0.2, 0.25) is 0 Å². The van der Waals surface area contributed by atoms with Gasteiger partial charge in [0.25, 0.3) is 17.5 Å². The molecule has 2 aromatic carbocycles. The van der Waals surface area contributed by atoms with E-state index in [1.54, 1.807) is 44.2 Å². The Hall–Kier alpha value is -4.80. The quantitative estimate of drug-likeness (QED) is 0.110. The summed E-state index contributed by atoms with van der Waals surface area (Å²) in [6.07, 6.45) is 4.83.